The summed E-state index contributed by atoms with van der Waals surface area (Å²) in [6, 6.07) is 14.3. The smallest absolute Gasteiger partial charge is 0.251 e. The van der Waals surface area contributed by atoms with Gasteiger partial charge >= 0.3 is 0 Å². The Kier molecular flexibility index (Phi) is 13.6. The molecule has 0 saturated heterocycles. The molecule has 49 heavy (non-hydrogen) atoms. The highest BCUT2D eigenvalue weighted by Gasteiger charge is 2.32. The number of aromatic nitrogens is 1. The van der Waals surface area contributed by atoms with Crippen LogP contribution in [-0.2, 0) is 22.0 Å². The van der Waals surface area contributed by atoms with Gasteiger partial charge in [0.1, 0.15) is 29.0 Å². The largest absolute Gasteiger partial charge is 0.508 e. The molecule has 12 heteroatoms. The van der Waals surface area contributed by atoms with Gasteiger partial charge in [-0.05, 0) is 81.2 Å². The van der Waals surface area contributed by atoms with Crippen LogP contribution in [0.3, 0.4) is 0 Å². The van der Waals surface area contributed by atoms with E-state index < -0.39 is 32.7 Å². The number of phenols is 1. The van der Waals surface area contributed by atoms with E-state index in [9.17, 15) is 22.0 Å². The number of nitrogens with one attached hydrogen (secondary N) is 2. The molecule has 1 aliphatic carbocycles. The number of sulfonamides is 1. The summed E-state index contributed by atoms with van der Waals surface area (Å²) < 4.78 is 50.9. The summed E-state index contributed by atoms with van der Waals surface area (Å²) in [7, 11) is -0.00700. The first-order valence-electron chi connectivity index (χ1n) is 16.7. The van der Waals surface area contributed by atoms with E-state index in [2.05, 4.69) is 79.5 Å². The van der Waals surface area contributed by atoms with Gasteiger partial charge in [0, 0.05) is 56.5 Å². The van der Waals surface area contributed by atoms with Crippen molar-refractivity contribution in [3.05, 3.63) is 82.9 Å². The van der Waals surface area contributed by atoms with Gasteiger partial charge in [-0.25, -0.2) is 22.2 Å². The number of anilines is 2. The molecule has 0 radical (unpaired) electrons. The quantitative estimate of drug-likeness (QED) is 0.177. The molecule has 0 spiro atoms. The summed E-state index contributed by atoms with van der Waals surface area (Å²) in [5, 5.41) is 14.3. The van der Waals surface area contributed by atoms with Crippen molar-refractivity contribution in [1.82, 2.24) is 15.2 Å². The molecule has 1 aliphatic rings. The monoisotopic (exact) mass is 701 g/mol. The number of rotatable bonds is 13. The highest BCUT2D eigenvalue weighted by atomic mass is 32.2. The van der Waals surface area contributed by atoms with Crippen molar-refractivity contribution in [1.29, 1.82) is 0 Å². The summed E-state index contributed by atoms with van der Waals surface area (Å²) in [5.74, 6) is -0.186. The molecular formula is C37H53F2N5O4S. The number of amides is 1. The van der Waals surface area contributed by atoms with E-state index >= 15 is 0 Å². The van der Waals surface area contributed by atoms with Crippen LogP contribution in [0.1, 0.15) is 82.8 Å². The van der Waals surface area contributed by atoms with E-state index in [-0.39, 0.29) is 23.2 Å². The number of halogens is 2. The van der Waals surface area contributed by atoms with Crippen LogP contribution in [0.4, 0.5) is 20.4 Å². The van der Waals surface area contributed by atoms with Gasteiger partial charge in [0.25, 0.3) is 5.91 Å². The predicted molar refractivity (Wildman–Crippen MR) is 194 cm³/mol. The Hall–Kier alpha value is -3.77. The highest BCUT2D eigenvalue weighted by molar-refractivity contribution is 7.93. The van der Waals surface area contributed by atoms with Gasteiger partial charge in [-0.3, -0.25) is 9.10 Å². The third-order valence-electron chi connectivity index (χ3n) is 8.61. The molecule has 3 aromatic rings. The lowest BCUT2D eigenvalue weighted by Crippen LogP contribution is -2.36. The molecule has 3 atom stereocenters. The van der Waals surface area contributed by atoms with Gasteiger partial charge in [-0.1, -0.05) is 52.0 Å². The molecule has 1 aromatic heterocycles. The van der Waals surface area contributed by atoms with Gasteiger partial charge in [0.2, 0.25) is 10.0 Å². The number of carbonyl (C=O) groups excluding carboxylic acids is 1. The molecule has 4 rings (SSSR count). The third-order valence-corrected chi connectivity index (χ3v) is 10.8. The average Bonchev–Trinajstić information content (AvgIpc) is 3.72. The molecule has 270 valence electrons. The van der Waals surface area contributed by atoms with Crippen molar-refractivity contribution < 1.29 is 27.1 Å². The Morgan fingerprint density at radius 3 is 2.22 bits per heavy atom. The van der Waals surface area contributed by atoms with E-state index in [0.29, 0.717) is 29.3 Å². The van der Waals surface area contributed by atoms with Crippen LogP contribution in [-0.4, -0.2) is 67.8 Å². The maximum Gasteiger partial charge on any atom is 0.251 e. The minimum atomic E-state index is -3.59. The predicted octanol–water partition coefficient (Wildman–Crippen LogP) is 6.93. The van der Waals surface area contributed by atoms with Crippen LogP contribution >= 0.6 is 0 Å². The fourth-order valence-electron chi connectivity index (χ4n) is 5.12. The van der Waals surface area contributed by atoms with Gasteiger partial charge in [-0.15, -0.1) is 0 Å². The molecule has 0 unspecified atom stereocenters. The summed E-state index contributed by atoms with van der Waals surface area (Å²) in [5.41, 5.74) is 3.10. The van der Waals surface area contributed by atoms with Crippen molar-refractivity contribution in [3.63, 3.8) is 0 Å². The first-order valence-corrected chi connectivity index (χ1v) is 18.2. The number of benzene rings is 2. The minimum Gasteiger partial charge on any atom is -0.508 e. The van der Waals surface area contributed by atoms with Gasteiger partial charge < -0.3 is 20.6 Å². The lowest BCUT2D eigenvalue weighted by atomic mass is 9.86. The van der Waals surface area contributed by atoms with Crippen LogP contribution in [0.15, 0.2) is 54.6 Å². The van der Waals surface area contributed by atoms with E-state index in [4.69, 9.17) is 5.11 Å². The summed E-state index contributed by atoms with van der Waals surface area (Å²) in [4.78, 5) is 20.1. The Balaban J connectivity index is 0.000000624. The fourth-order valence-corrected chi connectivity index (χ4v) is 6.11. The van der Waals surface area contributed by atoms with Crippen LogP contribution in [0.2, 0.25) is 0 Å². The van der Waals surface area contributed by atoms with Crippen molar-refractivity contribution in [2.45, 2.75) is 84.6 Å². The molecule has 1 fully saturated rings. The Labute approximate surface area is 291 Å². The molecule has 0 aliphatic heterocycles. The fraction of sp³-hybridized carbons (Fsp3) is 0.514. The number of phenolic OH excluding ortho intramolecular Hbond substituents is 1. The second-order valence-electron chi connectivity index (χ2n) is 14.5. The Morgan fingerprint density at radius 1 is 1.04 bits per heavy atom. The maximum absolute atomic E-state index is 13.3. The molecule has 1 heterocycles. The molecular weight excluding hydrogens is 649 g/mol. The standard InChI is InChI=1S/C31H49N5O3S.C6H4F2O/c1-21(2)40(38,39)36(9)29-18-25(17-28(34-29)32-19-26-15-22(26)3)30(37)33-23(4)13-14-35(8)20-24-11-10-12-27(16-24)31(5,6)7;7-4-1-5(8)3-6(9)2-4/h10-12,16-18,21-23,26H,13-15,19-20H2,1-9H3,(H,32,34)(H,33,37);1-3,9H/t22-,23-,26+;/m0./s1. The van der Waals surface area contributed by atoms with Crippen LogP contribution in [0.25, 0.3) is 0 Å². The van der Waals surface area contributed by atoms with Crippen molar-refractivity contribution in [3.8, 4) is 5.75 Å². The summed E-state index contributed by atoms with van der Waals surface area (Å²) >= 11 is 0. The molecule has 3 N–H and O–H groups in total. The van der Waals surface area contributed by atoms with Crippen LogP contribution < -0.4 is 14.9 Å². The zero-order valence-electron chi connectivity index (χ0n) is 30.2. The lowest BCUT2D eigenvalue weighted by Gasteiger charge is -2.23. The number of nitrogens with zero attached hydrogens (tertiary/aromatic N) is 3. The van der Waals surface area contributed by atoms with E-state index in [0.717, 1.165) is 44.6 Å². The van der Waals surface area contributed by atoms with Crippen molar-refractivity contribution in [2.24, 2.45) is 11.8 Å². The zero-order valence-corrected chi connectivity index (χ0v) is 31.0. The molecule has 9 nitrogen and oxygen atoms in total. The summed E-state index contributed by atoms with van der Waals surface area (Å²) in [6.07, 6.45) is 1.95. The number of aromatic hydroxyl groups is 1. The van der Waals surface area contributed by atoms with Gasteiger partial charge in [0.15, 0.2) is 0 Å². The second-order valence-corrected chi connectivity index (χ2v) is 17.0. The van der Waals surface area contributed by atoms with Crippen LogP contribution in [0, 0.1) is 23.5 Å². The topological polar surface area (TPSA) is 115 Å². The second kappa shape index (κ2) is 16.8. The normalized spacial score (nSPS) is 16.5. The number of carbonyl (C=O) groups is 1. The van der Waals surface area contributed by atoms with Gasteiger partial charge in [0.05, 0.1) is 5.25 Å². The molecule has 1 amide bonds. The minimum absolute atomic E-state index is 0.0617. The SMILES string of the molecule is CC(C)S(=O)(=O)N(C)c1cc(C(=O)N[C@@H](C)CCN(C)Cc2cccc(C(C)(C)C)c2)cc(NC[C@H]2C[C@@H]2C)n1.Oc1cc(F)cc(F)c1. The van der Waals surface area contributed by atoms with E-state index in [1.807, 2.05) is 6.92 Å². The zero-order chi connectivity index (χ0) is 36.7. The molecule has 1 saturated carbocycles. The third kappa shape index (κ3) is 12.3. The number of hydrogen-bond donors (Lipinski definition) is 3. The average molecular weight is 702 g/mol. The first kappa shape index (κ1) is 39.7. The van der Waals surface area contributed by atoms with Crippen molar-refractivity contribution >= 4 is 27.6 Å². The Morgan fingerprint density at radius 2 is 1.67 bits per heavy atom. The number of hydrogen-bond acceptors (Lipinski definition) is 7. The Bertz CT molecular complexity index is 1630. The number of pyridine rings is 1. The lowest BCUT2D eigenvalue weighted by molar-refractivity contribution is 0.0936. The van der Waals surface area contributed by atoms with Crippen LogP contribution in [0.5, 0.6) is 5.75 Å². The highest BCUT2D eigenvalue weighted by Crippen LogP contribution is 2.37. The van der Waals surface area contributed by atoms with E-state index in [1.165, 1.54) is 22.5 Å². The maximum atomic E-state index is 13.3. The molecule has 2 aromatic carbocycles. The molecule has 0 bridgehead atoms. The first-order chi connectivity index (χ1) is 22.8. The van der Waals surface area contributed by atoms with E-state index in [1.54, 1.807) is 26.0 Å². The summed E-state index contributed by atoms with van der Waals surface area (Å²) in [6.45, 7) is 16.6. The van der Waals surface area contributed by atoms with Gasteiger partial charge in [-0.2, -0.15) is 0 Å². The van der Waals surface area contributed by atoms with Crippen molar-refractivity contribution in [2.75, 3.05) is 36.8 Å².